The van der Waals surface area contributed by atoms with Crippen LogP contribution in [0.1, 0.15) is 47.7 Å². The summed E-state index contributed by atoms with van der Waals surface area (Å²) in [5.41, 5.74) is 0.0144. The molecule has 27 nitrogen and oxygen atoms in total. The summed E-state index contributed by atoms with van der Waals surface area (Å²) < 4.78 is 119. The van der Waals surface area contributed by atoms with Crippen LogP contribution in [0, 0.1) is 18.3 Å². The Morgan fingerprint density at radius 2 is 1.47 bits per heavy atom. The van der Waals surface area contributed by atoms with Crippen molar-refractivity contribution in [3.05, 3.63) is 128 Å². The molecule has 5 N–H and O–H groups in total. The average Bonchev–Trinajstić information content (AvgIpc) is 3.96. The second kappa shape index (κ2) is 29.2. The third-order valence-electron chi connectivity index (χ3n) is 12.3. The molecule has 4 fully saturated rings. The fourth-order valence-electron chi connectivity index (χ4n) is 8.51. The number of aliphatic hydroxyl groups excluding tert-OH is 4. The van der Waals surface area contributed by atoms with Crippen LogP contribution in [0.3, 0.4) is 0 Å². The van der Waals surface area contributed by atoms with Crippen molar-refractivity contribution in [1.29, 1.82) is 5.26 Å². The number of rotatable bonds is 26. The molecule has 36 heteroatoms. The number of nitrogens with one attached hydrogen (secondary N) is 1. The predicted octanol–water partition coefficient (Wildman–Crippen LogP) is -0.640. The molecule has 4 bridgehead atoms. The molecule has 79 heavy (non-hydrogen) atoms. The third kappa shape index (κ3) is 16.0. The van der Waals surface area contributed by atoms with Gasteiger partial charge in [-0.1, -0.05) is 54.6 Å². The lowest BCUT2D eigenvalue weighted by molar-refractivity contribution is -0.0944. The number of aromatic amines is 1. The van der Waals surface area contributed by atoms with Gasteiger partial charge < -0.3 is 80.5 Å². The highest BCUT2D eigenvalue weighted by atomic mass is 31.2. The molecule has 3 aromatic carbocycles. The number of phosphoric acid groups is 1. The Balaban J connectivity index is 0.937. The zero-order valence-corrected chi connectivity index (χ0v) is 53.1. The number of hydrogen-bond donors (Lipinski definition) is 5. The van der Waals surface area contributed by atoms with Crippen molar-refractivity contribution >= 4 is 83.1 Å². The normalized spacial score (nSPS) is 27.1. The lowest BCUT2D eigenvalue weighted by Crippen LogP contribution is -2.70. The molecule has 9 atom stereocenters. The molecule has 0 saturated carbocycles. The van der Waals surface area contributed by atoms with Crippen LogP contribution >= 0.6 is 7.82 Å². The first kappa shape index (κ1) is 61.7. The van der Waals surface area contributed by atoms with E-state index in [1.807, 2.05) is 72.8 Å². The van der Waals surface area contributed by atoms with Crippen molar-refractivity contribution < 1.29 is 98.7 Å². The van der Waals surface area contributed by atoms with Gasteiger partial charge in [0.1, 0.15) is 35.7 Å². The first-order valence-electron chi connectivity index (χ1n) is 25.0. The molecule has 0 aliphatic carbocycles. The second-order valence-electron chi connectivity index (χ2n) is 17.7. The molecule has 4 aliphatic heterocycles. The van der Waals surface area contributed by atoms with E-state index in [2.05, 4.69) is 4.98 Å². The van der Waals surface area contributed by atoms with Crippen LogP contribution in [0.2, 0.25) is 18.1 Å². The van der Waals surface area contributed by atoms with Gasteiger partial charge in [-0.15, -0.1) is 0 Å². The van der Waals surface area contributed by atoms with Gasteiger partial charge in [0.2, 0.25) is 0 Å². The van der Waals surface area contributed by atoms with Crippen molar-refractivity contribution in [2.24, 2.45) is 0 Å². The Kier molecular flexibility index (Phi) is 22.8. The van der Waals surface area contributed by atoms with Crippen LogP contribution in [-0.4, -0.2) is 177 Å². The van der Waals surface area contributed by atoms with Crippen molar-refractivity contribution in [1.82, 2.24) is 9.55 Å². The highest BCUT2D eigenvalue weighted by molar-refractivity contribution is 7.48. The number of ether oxygens (including phenoxy) is 4. The monoisotopic (exact) mass is 1260 g/mol. The fraction of sp³-hybridized carbons (Fsp3) is 0.465. The zero-order valence-electron chi connectivity index (χ0n) is 43.1. The SMILES string of the molecule is COc1ccc(C(OC[C@H]2O[C@@H](n3cc(C)c(=O)[nH]c3=O)C[C@H]2O)(c2ccccc2)c2ccc(OCCCOP(=O)(OCCC#N)OC[Si]3O[SiH2]O[SiH]4O[SiH]5O[SiH2]O[Si](CCO)O[Si](CCO)(O5)O[Si](CCO)(O3)O4)cc2)cc1. The number of phosphoric ester groups is 1. The first-order valence-corrected chi connectivity index (χ1v) is 38.5. The van der Waals surface area contributed by atoms with Crippen LogP contribution in [0.4, 0.5) is 0 Å². The van der Waals surface area contributed by atoms with Gasteiger partial charge in [0.15, 0.2) is 0 Å². The summed E-state index contributed by atoms with van der Waals surface area (Å²) in [7, 11) is -25.7. The molecule has 4 aliphatic rings. The van der Waals surface area contributed by atoms with Gasteiger partial charge >= 0.3 is 68.7 Å². The van der Waals surface area contributed by atoms with Gasteiger partial charge in [0.25, 0.3) is 25.6 Å². The number of methoxy groups -OCH3 is 1. The summed E-state index contributed by atoms with van der Waals surface area (Å²) in [5, 5.41) is 50.7. The average molecular weight is 1260 g/mol. The van der Waals surface area contributed by atoms with E-state index in [-0.39, 0.29) is 70.4 Å². The summed E-state index contributed by atoms with van der Waals surface area (Å²) in [6.45, 7) is -0.135. The third-order valence-corrected chi connectivity index (χ3v) is 36.4. The Morgan fingerprint density at radius 3 is 2.10 bits per heavy atom. The van der Waals surface area contributed by atoms with Gasteiger partial charge in [-0.25, -0.2) is 9.36 Å². The van der Waals surface area contributed by atoms with Crippen LogP contribution < -0.4 is 20.7 Å². The molecule has 1 aromatic heterocycles. The largest absolute Gasteiger partial charge is 0.497 e. The fourth-order valence-corrected chi connectivity index (χ4v) is 37.1. The number of nitriles is 1. The summed E-state index contributed by atoms with van der Waals surface area (Å²) >= 11 is 0. The van der Waals surface area contributed by atoms with Gasteiger partial charge in [-0.3, -0.25) is 27.9 Å². The molecule has 0 spiro atoms. The van der Waals surface area contributed by atoms with Crippen molar-refractivity contribution in [2.75, 3.05) is 59.6 Å². The zero-order chi connectivity index (χ0) is 55.9. The Morgan fingerprint density at radius 1 is 0.848 bits per heavy atom. The molecule has 4 saturated heterocycles. The number of aryl methyl sites for hydroxylation is 1. The Hall–Kier alpha value is -3.36. The van der Waals surface area contributed by atoms with Crippen LogP contribution in [-0.2, 0) is 74.4 Å². The molecule has 4 aromatic rings. The van der Waals surface area contributed by atoms with Gasteiger partial charge in [0, 0.05) is 62.6 Å². The maximum absolute atomic E-state index is 14.2. The second-order valence-corrected chi connectivity index (χ2v) is 37.4. The van der Waals surface area contributed by atoms with Crippen LogP contribution in [0.5, 0.6) is 11.5 Å². The Labute approximate surface area is 468 Å². The maximum Gasteiger partial charge on any atom is 0.479 e. The smallest absolute Gasteiger partial charge is 0.479 e. The van der Waals surface area contributed by atoms with E-state index in [1.165, 1.54) is 10.8 Å². The van der Waals surface area contributed by atoms with E-state index in [1.54, 1.807) is 26.2 Å². The number of benzene rings is 3. The summed E-state index contributed by atoms with van der Waals surface area (Å²) in [6.07, 6.45) is -1.71. The van der Waals surface area contributed by atoms with Gasteiger partial charge in [-0.05, 0) is 47.9 Å². The number of fused-ring (bicyclic) bond motifs is 4. The summed E-state index contributed by atoms with van der Waals surface area (Å²) in [6, 6.07) is 25.8. The van der Waals surface area contributed by atoms with E-state index >= 15 is 0 Å². The highest BCUT2D eigenvalue weighted by Gasteiger charge is 2.61. The minimum absolute atomic E-state index is 0.0727. The molecule has 6 unspecified atom stereocenters. The number of H-pyrrole nitrogens is 1. The molecule has 2 radical (unpaired) electrons. The van der Waals surface area contributed by atoms with E-state index in [0.29, 0.717) is 22.6 Å². The minimum atomic E-state index is -4.42. The van der Waals surface area contributed by atoms with E-state index in [4.69, 9.17) is 73.7 Å². The van der Waals surface area contributed by atoms with Crippen LogP contribution in [0.25, 0.3) is 0 Å². The topological polar surface area (TPSA) is 334 Å². The standard InChI is InChI=1S/C43H62N3O24PSi8/c1-32-29-46(42(52)45-41(32)51)40-28-38(50)39(60-40)30-56-43(33-8-4-3-5-9-33,34-10-14-36(54-2)15-11-34)35-12-16-37(17-13-35)55-22-7-24-58-71(53,57-23-6-18-44)59-31-75-62-73-64-77-65-76-63-72-61-74(25-19-47)66-78(68-76,26-20-48)70-79(67-75,69-77)27-21-49/h3-5,8-17,29,38-40,47-50,76-77H,6-7,19-28,30-31,72-73H2,1-2H3,(H,45,51,52)/t38-,39-,40-,43?,71?,76?,77?,78?,79?/m1/s1. The molecule has 8 rings (SSSR count). The van der Waals surface area contributed by atoms with Crippen molar-refractivity contribution in [2.45, 2.75) is 68.4 Å². The van der Waals surface area contributed by atoms with Gasteiger partial charge in [-0.2, -0.15) is 5.26 Å². The molecule has 5 heterocycles. The lowest BCUT2D eigenvalue weighted by Gasteiger charge is -2.46. The minimum Gasteiger partial charge on any atom is -0.497 e. The van der Waals surface area contributed by atoms with Crippen LogP contribution in [0.15, 0.2) is 94.6 Å². The number of hydrogen-bond acceptors (Lipinski definition) is 25. The van der Waals surface area contributed by atoms with E-state index in [9.17, 15) is 39.8 Å². The number of aliphatic hydroxyl groups is 4. The molecule has 430 valence electrons. The molecule has 0 amide bonds. The molecular weight excluding hydrogens is 1200 g/mol. The van der Waals surface area contributed by atoms with Crippen molar-refractivity contribution in [3.8, 4) is 17.6 Å². The summed E-state index contributed by atoms with van der Waals surface area (Å²) in [4.78, 5) is 27.2. The lowest BCUT2D eigenvalue weighted by atomic mass is 9.80. The Bertz CT molecular complexity index is 2780. The van der Waals surface area contributed by atoms with Gasteiger partial charge in [0.05, 0.1) is 52.1 Å². The predicted molar refractivity (Wildman–Crippen MR) is 289 cm³/mol. The van der Waals surface area contributed by atoms with E-state index in [0.717, 1.165) is 11.1 Å². The number of nitrogens with zero attached hydrogens (tertiary/aromatic N) is 2. The quantitative estimate of drug-likeness (QED) is 0.0226. The van der Waals surface area contributed by atoms with E-state index < -0.39 is 138 Å². The summed E-state index contributed by atoms with van der Waals surface area (Å²) in [5.74, 6) is 1.09. The maximum atomic E-state index is 14.2. The first-order chi connectivity index (χ1) is 38.3. The highest BCUT2D eigenvalue weighted by Crippen LogP contribution is 2.50. The molecular formula is C43H62N3O24PSi8. The van der Waals surface area contributed by atoms with Crippen molar-refractivity contribution in [3.63, 3.8) is 0 Å². The number of aromatic nitrogens is 2.